The van der Waals surface area contributed by atoms with Crippen molar-refractivity contribution in [1.29, 1.82) is 0 Å². The second kappa shape index (κ2) is 6.04. The Hall–Kier alpha value is -1.95. The number of aliphatic hydroxyl groups is 1. The van der Waals surface area contributed by atoms with Crippen LogP contribution in [-0.4, -0.2) is 38.4 Å². The minimum absolute atomic E-state index is 0.0416. The number of amides is 1. The van der Waals surface area contributed by atoms with Crippen LogP contribution < -0.4 is 5.32 Å². The Bertz CT molecular complexity index is 685. The second-order valence-electron chi connectivity index (χ2n) is 6.72. The highest BCUT2D eigenvalue weighted by Gasteiger charge is 2.27. The average molecular weight is 304 g/mol. The number of nitrogens with zero attached hydrogens (tertiary/aromatic N) is 3. The fourth-order valence-electron chi connectivity index (χ4n) is 2.51. The molecule has 1 unspecified atom stereocenters. The Kier molecular flexibility index (Phi) is 4.51. The van der Waals surface area contributed by atoms with Gasteiger partial charge < -0.3 is 10.4 Å². The molecule has 1 atom stereocenters. The van der Waals surface area contributed by atoms with Crippen LogP contribution in [0.2, 0.25) is 0 Å². The van der Waals surface area contributed by atoms with Crippen molar-refractivity contribution in [1.82, 2.24) is 20.1 Å². The summed E-state index contributed by atoms with van der Waals surface area (Å²) in [5, 5.41) is 17.2. The summed E-state index contributed by atoms with van der Waals surface area (Å²) in [5.41, 5.74) is 1.91. The van der Waals surface area contributed by atoms with Gasteiger partial charge in [0.05, 0.1) is 17.1 Å². The van der Waals surface area contributed by atoms with E-state index in [0.29, 0.717) is 17.6 Å². The van der Waals surface area contributed by atoms with Crippen LogP contribution in [0.1, 0.15) is 43.2 Å². The SMILES string of the molecule is Cc1cc(C(=O)NC(CCO)C(C)(C)C)c2cnn(C)c2n1. The predicted octanol–water partition coefficient (Wildman–Crippen LogP) is 1.80. The molecule has 0 bridgehead atoms. The quantitative estimate of drug-likeness (QED) is 0.902. The van der Waals surface area contributed by atoms with E-state index in [0.717, 1.165) is 11.1 Å². The summed E-state index contributed by atoms with van der Waals surface area (Å²) < 4.78 is 1.66. The van der Waals surface area contributed by atoms with Gasteiger partial charge in [0.15, 0.2) is 5.65 Å². The number of fused-ring (bicyclic) bond motifs is 1. The Morgan fingerprint density at radius 1 is 1.45 bits per heavy atom. The topological polar surface area (TPSA) is 80.0 Å². The highest BCUT2D eigenvalue weighted by molar-refractivity contribution is 6.05. The van der Waals surface area contributed by atoms with Gasteiger partial charge in [-0.1, -0.05) is 20.8 Å². The third kappa shape index (κ3) is 3.27. The molecule has 1 amide bonds. The van der Waals surface area contributed by atoms with Crippen LogP contribution in [0.15, 0.2) is 12.3 Å². The zero-order chi connectivity index (χ0) is 16.5. The van der Waals surface area contributed by atoms with E-state index in [1.807, 2.05) is 27.7 Å². The van der Waals surface area contributed by atoms with Crippen LogP contribution in [0.4, 0.5) is 0 Å². The number of carbonyl (C=O) groups excluding carboxylic acids is 1. The number of pyridine rings is 1. The summed E-state index contributed by atoms with van der Waals surface area (Å²) in [7, 11) is 1.81. The summed E-state index contributed by atoms with van der Waals surface area (Å²) in [6, 6.07) is 1.67. The molecule has 2 N–H and O–H groups in total. The summed E-state index contributed by atoms with van der Waals surface area (Å²) in [6.45, 7) is 8.04. The lowest BCUT2D eigenvalue weighted by molar-refractivity contribution is 0.0886. The maximum atomic E-state index is 12.7. The number of hydrogen-bond acceptors (Lipinski definition) is 4. The number of nitrogens with one attached hydrogen (secondary N) is 1. The molecule has 2 rings (SSSR count). The molecule has 120 valence electrons. The molecular weight excluding hydrogens is 280 g/mol. The molecule has 2 aromatic rings. The molecule has 0 saturated heterocycles. The van der Waals surface area contributed by atoms with Gasteiger partial charge in [0.1, 0.15) is 0 Å². The van der Waals surface area contributed by atoms with Crippen LogP contribution in [0.3, 0.4) is 0 Å². The van der Waals surface area contributed by atoms with Crippen LogP contribution in [0.5, 0.6) is 0 Å². The van der Waals surface area contributed by atoms with Crippen LogP contribution in [0, 0.1) is 12.3 Å². The Morgan fingerprint density at radius 3 is 2.73 bits per heavy atom. The van der Waals surface area contributed by atoms with Crippen LogP contribution >= 0.6 is 0 Å². The number of aromatic nitrogens is 3. The molecule has 0 aliphatic heterocycles. The highest BCUT2D eigenvalue weighted by atomic mass is 16.3. The van der Waals surface area contributed by atoms with Gasteiger partial charge in [0, 0.05) is 25.4 Å². The number of aryl methyl sites for hydroxylation is 2. The molecule has 0 radical (unpaired) electrons. The van der Waals surface area contributed by atoms with Gasteiger partial charge in [-0.25, -0.2) is 4.98 Å². The zero-order valence-corrected chi connectivity index (χ0v) is 13.8. The average Bonchev–Trinajstić information content (AvgIpc) is 2.78. The molecule has 22 heavy (non-hydrogen) atoms. The summed E-state index contributed by atoms with van der Waals surface area (Å²) in [6.07, 6.45) is 2.18. The molecule has 2 heterocycles. The molecule has 0 aromatic carbocycles. The number of hydrogen-bond donors (Lipinski definition) is 2. The van der Waals surface area contributed by atoms with E-state index in [2.05, 4.69) is 15.4 Å². The second-order valence-corrected chi connectivity index (χ2v) is 6.72. The van der Waals surface area contributed by atoms with Crippen molar-refractivity contribution in [2.45, 2.75) is 40.2 Å². The van der Waals surface area contributed by atoms with Crippen molar-refractivity contribution in [3.05, 3.63) is 23.5 Å². The van der Waals surface area contributed by atoms with Gasteiger partial charge in [-0.3, -0.25) is 9.48 Å². The van der Waals surface area contributed by atoms with Gasteiger partial charge in [-0.2, -0.15) is 5.10 Å². The minimum atomic E-state index is -0.156. The van der Waals surface area contributed by atoms with Crippen molar-refractivity contribution in [3.63, 3.8) is 0 Å². The lowest BCUT2D eigenvalue weighted by Crippen LogP contribution is -2.44. The fraction of sp³-hybridized carbons (Fsp3) is 0.562. The van der Waals surface area contributed by atoms with Crippen molar-refractivity contribution in [2.75, 3.05) is 6.61 Å². The Morgan fingerprint density at radius 2 is 2.14 bits per heavy atom. The van der Waals surface area contributed by atoms with Crippen molar-refractivity contribution >= 4 is 16.9 Å². The maximum absolute atomic E-state index is 12.7. The third-order valence-corrected chi connectivity index (χ3v) is 3.85. The van der Waals surface area contributed by atoms with Gasteiger partial charge >= 0.3 is 0 Å². The van der Waals surface area contributed by atoms with E-state index in [-0.39, 0.29) is 24.0 Å². The van der Waals surface area contributed by atoms with Gasteiger partial charge in [-0.05, 0) is 24.8 Å². The Labute approximate surface area is 130 Å². The summed E-state index contributed by atoms with van der Waals surface area (Å²) >= 11 is 0. The monoisotopic (exact) mass is 304 g/mol. The fourth-order valence-corrected chi connectivity index (χ4v) is 2.51. The summed E-state index contributed by atoms with van der Waals surface area (Å²) in [5.74, 6) is -0.156. The van der Waals surface area contributed by atoms with E-state index in [9.17, 15) is 9.90 Å². The molecule has 0 saturated carbocycles. The van der Waals surface area contributed by atoms with E-state index < -0.39 is 0 Å². The largest absolute Gasteiger partial charge is 0.396 e. The first kappa shape index (κ1) is 16.4. The van der Waals surface area contributed by atoms with Gasteiger partial charge in [0.2, 0.25) is 0 Å². The molecule has 0 aliphatic rings. The molecule has 2 aromatic heterocycles. The maximum Gasteiger partial charge on any atom is 0.252 e. The van der Waals surface area contributed by atoms with Crippen molar-refractivity contribution < 1.29 is 9.90 Å². The van der Waals surface area contributed by atoms with Crippen molar-refractivity contribution in [2.24, 2.45) is 12.5 Å². The predicted molar refractivity (Wildman–Crippen MR) is 85.7 cm³/mol. The number of rotatable bonds is 4. The number of carbonyl (C=O) groups is 1. The molecule has 0 spiro atoms. The molecule has 0 fully saturated rings. The Balaban J connectivity index is 2.37. The standard InChI is InChI=1S/C16H24N4O2/c1-10-8-11(12-9-17-20(5)14(12)18-10)15(22)19-13(6-7-21)16(2,3)4/h8-9,13,21H,6-7H2,1-5H3,(H,19,22). The van der Waals surface area contributed by atoms with E-state index in [1.165, 1.54) is 0 Å². The van der Waals surface area contributed by atoms with Crippen molar-refractivity contribution in [3.8, 4) is 0 Å². The lowest BCUT2D eigenvalue weighted by Gasteiger charge is -2.31. The smallest absolute Gasteiger partial charge is 0.252 e. The van der Waals surface area contributed by atoms with Gasteiger partial charge in [-0.15, -0.1) is 0 Å². The van der Waals surface area contributed by atoms with Crippen LogP contribution in [0.25, 0.3) is 11.0 Å². The third-order valence-electron chi connectivity index (χ3n) is 3.85. The first-order valence-corrected chi connectivity index (χ1v) is 7.45. The number of aliphatic hydroxyl groups excluding tert-OH is 1. The van der Waals surface area contributed by atoms with E-state index in [1.54, 1.807) is 24.0 Å². The zero-order valence-electron chi connectivity index (χ0n) is 13.8. The summed E-state index contributed by atoms with van der Waals surface area (Å²) in [4.78, 5) is 17.1. The van der Waals surface area contributed by atoms with E-state index >= 15 is 0 Å². The van der Waals surface area contributed by atoms with E-state index in [4.69, 9.17) is 0 Å². The minimum Gasteiger partial charge on any atom is -0.396 e. The molecule has 6 heteroatoms. The molecular formula is C16H24N4O2. The van der Waals surface area contributed by atoms with Gasteiger partial charge in [0.25, 0.3) is 5.91 Å². The molecule has 6 nitrogen and oxygen atoms in total. The highest BCUT2D eigenvalue weighted by Crippen LogP contribution is 2.23. The van der Waals surface area contributed by atoms with Crippen LogP contribution in [-0.2, 0) is 7.05 Å². The lowest BCUT2D eigenvalue weighted by atomic mass is 9.84. The first-order valence-electron chi connectivity index (χ1n) is 7.45. The molecule has 0 aliphatic carbocycles. The normalized spacial score (nSPS) is 13.4. The first-order chi connectivity index (χ1) is 10.2.